The summed E-state index contributed by atoms with van der Waals surface area (Å²) in [6.45, 7) is 0.616. The number of carbonyl (C=O) groups excluding carboxylic acids is 1. The van der Waals surface area contributed by atoms with E-state index < -0.39 is 17.8 Å². The number of anilines is 1. The van der Waals surface area contributed by atoms with Crippen molar-refractivity contribution in [3.63, 3.8) is 0 Å². The van der Waals surface area contributed by atoms with Gasteiger partial charge in [0.05, 0.1) is 13.0 Å². The number of hydrogen-bond donors (Lipinski definition) is 2. The molecule has 0 heterocycles. The SMILES string of the molecule is COCCOc1ccc(NC(=O)N(C)CCC(=O)O)cc1F. The Bertz CT molecular complexity index is 524. The highest BCUT2D eigenvalue weighted by Gasteiger charge is 2.12. The number of urea groups is 1. The fourth-order valence-corrected chi connectivity index (χ4v) is 1.51. The van der Waals surface area contributed by atoms with Crippen molar-refractivity contribution in [1.29, 1.82) is 0 Å². The molecule has 8 heteroatoms. The van der Waals surface area contributed by atoms with E-state index in [1.165, 1.54) is 31.2 Å². The molecule has 0 saturated carbocycles. The fourth-order valence-electron chi connectivity index (χ4n) is 1.51. The van der Waals surface area contributed by atoms with Crippen molar-refractivity contribution in [3.05, 3.63) is 24.0 Å². The molecule has 0 unspecified atom stereocenters. The Morgan fingerprint density at radius 2 is 2.09 bits per heavy atom. The second-order valence-corrected chi connectivity index (χ2v) is 4.48. The molecule has 0 radical (unpaired) electrons. The van der Waals surface area contributed by atoms with E-state index >= 15 is 0 Å². The number of amides is 2. The molecule has 0 aliphatic carbocycles. The average molecular weight is 314 g/mol. The van der Waals surface area contributed by atoms with Crippen LogP contribution in [0.2, 0.25) is 0 Å². The molecule has 122 valence electrons. The Hall–Kier alpha value is -2.35. The minimum Gasteiger partial charge on any atom is -0.488 e. The zero-order chi connectivity index (χ0) is 16.5. The van der Waals surface area contributed by atoms with Gasteiger partial charge in [0.2, 0.25) is 0 Å². The maximum atomic E-state index is 13.8. The summed E-state index contributed by atoms with van der Waals surface area (Å²) in [7, 11) is 2.97. The lowest BCUT2D eigenvalue weighted by atomic mass is 10.3. The van der Waals surface area contributed by atoms with Crippen LogP contribution in [-0.2, 0) is 9.53 Å². The summed E-state index contributed by atoms with van der Waals surface area (Å²) in [5.41, 5.74) is 0.253. The summed E-state index contributed by atoms with van der Waals surface area (Å²) >= 11 is 0. The van der Waals surface area contributed by atoms with Crippen molar-refractivity contribution in [3.8, 4) is 5.75 Å². The van der Waals surface area contributed by atoms with Crippen LogP contribution in [0.25, 0.3) is 0 Å². The van der Waals surface area contributed by atoms with Gasteiger partial charge in [-0.25, -0.2) is 9.18 Å². The van der Waals surface area contributed by atoms with Crippen LogP contribution in [0.15, 0.2) is 18.2 Å². The van der Waals surface area contributed by atoms with E-state index in [2.05, 4.69) is 5.32 Å². The van der Waals surface area contributed by atoms with Gasteiger partial charge in [-0.2, -0.15) is 0 Å². The number of carboxylic acid groups (broad SMARTS) is 1. The highest BCUT2D eigenvalue weighted by molar-refractivity contribution is 5.89. The molecule has 7 nitrogen and oxygen atoms in total. The molecule has 1 aromatic rings. The number of hydrogen-bond acceptors (Lipinski definition) is 4. The third kappa shape index (κ3) is 5.96. The van der Waals surface area contributed by atoms with Crippen LogP contribution >= 0.6 is 0 Å². The first kappa shape index (κ1) is 17.7. The van der Waals surface area contributed by atoms with Gasteiger partial charge in [0.1, 0.15) is 6.61 Å². The molecule has 2 N–H and O–H groups in total. The lowest BCUT2D eigenvalue weighted by Gasteiger charge is -2.17. The zero-order valence-corrected chi connectivity index (χ0v) is 12.5. The summed E-state index contributed by atoms with van der Waals surface area (Å²) in [6, 6.07) is 3.51. The molecule has 0 fully saturated rings. The molecule has 0 atom stereocenters. The van der Waals surface area contributed by atoms with E-state index in [0.29, 0.717) is 6.61 Å². The van der Waals surface area contributed by atoms with Gasteiger partial charge in [-0.1, -0.05) is 0 Å². The first-order chi connectivity index (χ1) is 10.4. The fraction of sp³-hybridized carbons (Fsp3) is 0.429. The number of ether oxygens (including phenoxy) is 2. The minimum atomic E-state index is -0.997. The van der Waals surface area contributed by atoms with Crippen LogP contribution in [0, 0.1) is 5.82 Å². The molecule has 0 aliphatic rings. The maximum absolute atomic E-state index is 13.8. The molecule has 1 aromatic carbocycles. The van der Waals surface area contributed by atoms with Crippen molar-refractivity contribution in [2.75, 3.05) is 39.2 Å². The molecule has 0 bridgehead atoms. The summed E-state index contributed by atoms with van der Waals surface area (Å²) in [6.07, 6.45) is -0.162. The van der Waals surface area contributed by atoms with Gasteiger partial charge in [0, 0.05) is 32.5 Å². The zero-order valence-electron chi connectivity index (χ0n) is 12.5. The Balaban J connectivity index is 2.57. The molecule has 0 aromatic heterocycles. The Morgan fingerprint density at radius 1 is 1.36 bits per heavy atom. The van der Waals surface area contributed by atoms with Gasteiger partial charge in [0.15, 0.2) is 11.6 Å². The number of methoxy groups -OCH3 is 1. The van der Waals surface area contributed by atoms with E-state index in [9.17, 15) is 14.0 Å². The Kier molecular flexibility index (Phi) is 7.11. The number of aliphatic carboxylic acids is 1. The second-order valence-electron chi connectivity index (χ2n) is 4.48. The highest BCUT2D eigenvalue weighted by atomic mass is 19.1. The van der Waals surface area contributed by atoms with Crippen molar-refractivity contribution in [2.45, 2.75) is 6.42 Å². The average Bonchev–Trinajstić information content (AvgIpc) is 2.47. The summed E-state index contributed by atoms with van der Waals surface area (Å²) in [4.78, 5) is 23.4. The predicted molar refractivity (Wildman–Crippen MR) is 77.7 cm³/mol. The third-order valence-electron chi connectivity index (χ3n) is 2.74. The first-order valence-electron chi connectivity index (χ1n) is 6.59. The number of halogens is 1. The highest BCUT2D eigenvalue weighted by Crippen LogP contribution is 2.21. The number of rotatable bonds is 8. The van der Waals surface area contributed by atoms with Gasteiger partial charge in [0.25, 0.3) is 0 Å². The first-order valence-corrected chi connectivity index (χ1v) is 6.59. The van der Waals surface area contributed by atoms with Crippen molar-refractivity contribution < 1.29 is 28.6 Å². The number of benzene rings is 1. The quantitative estimate of drug-likeness (QED) is 0.714. The molecular formula is C14H19FN2O5. The lowest BCUT2D eigenvalue weighted by molar-refractivity contribution is -0.137. The Labute approximate surface area is 127 Å². The maximum Gasteiger partial charge on any atom is 0.321 e. The molecule has 2 amide bonds. The number of nitrogens with one attached hydrogen (secondary N) is 1. The van der Waals surface area contributed by atoms with Crippen LogP contribution in [0.3, 0.4) is 0 Å². The summed E-state index contributed by atoms with van der Waals surface area (Å²) in [5, 5.41) is 11.0. The van der Waals surface area contributed by atoms with Gasteiger partial charge < -0.3 is 24.8 Å². The molecular weight excluding hydrogens is 295 g/mol. The van der Waals surface area contributed by atoms with Crippen molar-refractivity contribution in [1.82, 2.24) is 4.90 Å². The predicted octanol–water partition coefficient (Wildman–Crippen LogP) is 1.79. The van der Waals surface area contributed by atoms with E-state index in [1.54, 1.807) is 0 Å². The van der Waals surface area contributed by atoms with Gasteiger partial charge in [-0.05, 0) is 12.1 Å². The van der Waals surface area contributed by atoms with Gasteiger partial charge >= 0.3 is 12.0 Å². The van der Waals surface area contributed by atoms with E-state index in [4.69, 9.17) is 14.6 Å². The minimum absolute atomic E-state index is 0.0574. The normalized spacial score (nSPS) is 10.1. The Morgan fingerprint density at radius 3 is 2.68 bits per heavy atom. The van der Waals surface area contributed by atoms with Crippen molar-refractivity contribution >= 4 is 17.7 Å². The van der Waals surface area contributed by atoms with Crippen LogP contribution in [0.5, 0.6) is 5.75 Å². The molecule has 1 rings (SSSR count). The smallest absolute Gasteiger partial charge is 0.321 e. The van der Waals surface area contributed by atoms with Crippen molar-refractivity contribution in [2.24, 2.45) is 0 Å². The third-order valence-corrected chi connectivity index (χ3v) is 2.74. The van der Waals surface area contributed by atoms with E-state index in [1.807, 2.05) is 0 Å². The van der Waals surface area contributed by atoms with Gasteiger partial charge in [-0.3, -0.25) is 4.79 Å². The van der Waals surface area contributed by atoms with Crippen LogP contribution in [-0.4, -0.2) is 55.9 Å². The molecule has 22 heavy (non-hydrogen) atoms. The van der Waals surface area contributed by atoms with Crippen LogP contribution < -0.4 is 10.1 Å². The molecule has 0 saturated heterocycles. The largest absolute Gasteiger partial charge is 0.488 e. The second kappa shape index (κ2) is 8.83. The lowest BCUT2D eigenvalue weighted by Crippen LogP contribution is -2.33. The van der Waals surface area contributed by atoms with E-state index in [-0.39, 0.29) is 31.0 Å². The number of carboxylic acids is 1. The van der Waals surface area contributed by atoms with Crippen LogP contribution in [0.4, 0.5) is 14.9 Å². The van der Waals surface area contributed by atoms with E-state index in [0.717, 1.165) is 6.07 Å². The monoisotopic (exact) mass is 314 g/mol. The number of nitrogens with zero attached hydrogens (tertiary/aromatic N) is 1. The molecule has 0 spiro atoms. The van der Waals surface area contributed by atoms with Gasteiger partial charge in [-0.15, -0.1) is 0 Å². The topological polar surface area (TPSA) is 88.1 Å². The number of carbonyl (C=O) groups is 2. The van der Waals surface area contributed by atoms with Crippen LogP contribution in [0.1, 0.15) is 6.42 Å². The standard InChI is InChI=1S/C14H19FN2O5/c1-17(6-5-13(18)19)14(20)16-10-3-4-12(11(15)9-10)22-8-7-21-2/h3-4,9H,5-8H2,1-2H3,(H,16,20)(H,18,19). The summed E-state index contributed by atoms with van der Waals surface area (Å²) in [5.74, 6) is -1.54. The summed E-state index contributed by atoms with van der Waals surface area (Å²) < 4.78 is 23.7. The molecule has 0 aliphatic heterocycles.